The Kier molecular flexibility index (Phi) is 2.19. The topological polar surface area (TPSA) is 17.8 Å². The summed E-state index contributed by atoms with van der Waals surface area (Å²) >= 11 is 5.79. The molecule has 0 bridgehead atoms. The van der Waals surface area contributed by atoms with Gasteiger partial charge in [0.25, 0.3) is 0 Å². The maximum absolute atomic E-state index is 13.5. The van der Waals surface area contributed by atoms with Gasteiger partial charge in [0.05, 0.1) is 5.69 Å². The summed E-state index contributed by atoms with van der Waals surface area (Å²) in [5.41, 5.74) is 1.40. The minimum Gasteiger partial charge on any atom is -0.265 e. The molecule has 2 rings (SSSR count). The van der Waals surface area contributed by atoms with Crippen LogP contribution in [0.25, 0.3) is 10.9 Å². The molecule has 0 N–H and O–H groups in total. The van der Waals surface area contributed by atoms with Crippen molar-refractivity contribution in [3.63, 3.8) is 0 Å². The molecule has 1 heterocycles. The number of aryl methyl sites for hydroxylation is 2. The summed E-state index contributed by atoms with van der Waals surface area (Å²) in [6.07, 6.45) is 0.775. The number of hydrogen-bond acceptors (Lipinski definition) is 1. The summed E-state index contributed by atoms with van der Waals surface area (Å²) < 4.78 is 15.1. The van der Waals surface area contributed by atoms with Crippen molar-refractivity contribution in [3.8, 4) is 0 Å². The van der Waals surface area contributed by atoms with Crippen LogP contribution in [0.4, 0.5) is 4.39 Å². The van der Waals surface area contributed by atoms with Gasteiger partial charge in [-0.3, -0.25) is 4.68 Å². The second-order valence-corrected chi connectivity index (χ2v) is 3.64. The summed E-state index contributed by atoms with van der Waals surface area (Å²) in [7, 11) is 1.73. The molecule has 0 saturated heterocycles. The molecule has 0 spiro atoms. The summed E-state index contributed by atoms with van der Waals surface area (Å²) in [6.45, 7) is 1.99. The van der Waals surface area contributed by atoms with E-state index in [0.29, 0.717) is 10.5 Å². The van der Waals surface area contributed by atoms with Crippen molar-refractivity contribution in [2.24, 2.45) is 7.05 Å². The van der Waals surface area contributed by atoms with Gasteiger partial charge in [-0.05, 0) is 18.6 Å². The first-order valence-electron chi connectivity index (χ1n) is 4.44. The zero-order chi connectivity index (χ0) is 10.3. The molecule has 0 saturated carbocycles. The Morgan fingerprint density at radius 1 is 1.50 bits per heavy atom. The van der Waals surface area contributed by atoms with Crippen LogP contribution in [0, 0.1) is 5.82 Å². The van der Waals surface area contributed by atoms with E-state index in [1.807, 2.05) is 6.92 Å². The lowest BCUT2D eigenvalue weighted by Crippen LogP contribution is -1.92. The summed E-state index contributed by atoms with van der Waals surface area (Å²) in [5, 5.41) is 5.45. The second kappa shape index (κ2) is 3.24. The van der Waals surface area contributed by atoms with Crippen LogP contribution in [0.1, 0.15) is 12.6 Å². The van der Waals surface area contributed by atoms with Crippen LogP contribution in [-0.4, -0.2) is 9.78 Å². The van der Waals surface area contributed by atoms with Crippen molar-refractivity contribution in [3.05, 3.63) is 28.7 Å². The Morgan fingerprint density at radius 3 is 2.86 bits per heavy atom. The second-order valence-electron chi connectivity index (χ2n) is 3.21. The molecule has 0 aliphatic heterocycles. The van der Waals surface area contributed by atoms with E-state index >= 15 is 0 Å². The van der Waals surface area contributed by atoms with Gasteiger partial charge in [-0.1, -0.05) is 18.5 Å². The molecule has 2 nitrogen and oxygen atoms in total. The van der Waals surface area contributed by atoms with Crippen LogP contribution in [-0.2, 0) is 13.5 Å². The first kappa shape index (κ1) is 9.46. The number of hydrogen-bond donors (Lipinski definition) is 0. The zero-order valence-electron chi connectivity index (χ0n) is 8.01. The van der Waals surface area contributed by atoms with E-state index in [1.54, 1.807) is 17.8 Å². The van der Waals surface area contributed by atoms with Crippen molar-refractivity contribution in [2.45, 2.75) is 13.3 Å². The molecule has 0 radical (unpaired) electrons. The van der Waals surface area contributed by atoms with Crippen molar-refractivity contribution in [1.82, 2.24) is 9.78 Å². The maximum Gasteiger partial charge on any atom is 0.150 e. The molecule has 0 aliphatic rings. The third-order valence-electron chi connectivity index (χ3n) is 2.27. The Bertz CT molecular complexity index is 490. The van der Waals surface area contributed by atoms with Gasteiger partial charge >= 0.3 is 0 Å². The molecule has 0 amide bonds. The first-order chi connectivity index (χ1) is 6.63. The molecule has 0 fully saturated rings. The average Bonchev–Trinajstić information content (AvgIpc) is 2.42. The molecule has 1 aromatic heterocycles. The van der Waals surface area contributed by atoms with Gasteiger partial charge in [-0.25, -0.2) is 4.39 Å². The zero-order valence-corrected chi connectivity index (χ0v) is 8.77. The van der Waals surface area contributed by atoms with Gasteiger partial charge < -0.3 is 0 Å². The fraction of sp³-hybridized carbons (Fsp3) is 0.300. The Morgan fingerprint density at radius 2 is 2.21 bits per heavy atom. The van der Waals surface area contributed by atoms with Crippen LogP contribution in [0.2, 0.25) is 5.02 Å². The number of fused-ring (bicyclic) bond motifs is 1. The smallest absolute Gasteiger partial charge is 0.150 e. The lowest BCUT2D eigenvalue weighted by Gasteiger charge is -1.97. The third kappa shape index (κ3) is 1.28. The summed E-state index contributed by atoms with van der Waals surface area (Å²) in [6, 6.07) is 3.07. The SMILES string of the molecule is CCc1nn(C)c2c(F)cc(Cl)cc12. The minimum atomic E-state index is -0.317. The molecule has 1 aromatic carbocycles. The maximum atomic E-state index is 13.5. The summed E-state index contributed by atoms with van der Waals surface area (Å²) in [5.74, 6) is -0.317. The van der Waals surface area contributed by atoms with Gasteiger partial charge in [0, 0.05) is 17.5 Å². The lowest BCUT2D eigenvalue weighted by molar-refractivity contribution is 0.625. The van der Waals surface area contributed by atoms with E-state index in [4.69, 9.17) is 11.6 Å². The van der Waals surface area contributed by atoms with Gasteiger partial charge in [-0.2, -0.15) is 5.10 Å². The van der Waals surface area contributed by atoms with E-state index in [9.17, 15) is 4.39 Å². The highest BCUT2D eigenvalue weighted by molar-refractivity contribution is 6.31. The van der Waals surface area contributed by atoms with Crippen molar-refractivity contribution in [1.29, 1.82) is 0 Å². The number of halogens is 2. The quantitative estimate of drug-likeness (QED) is 0.711. The van der Waals surface area contributed by atoms with Crippen LogP contribution >= 0.6 is 11.6 Å². The van der Waals surface area contributed by atoms with E-state index < -0.39 is 0 Å². The standard InChI is InChI=1S/C10H10ClFN2/c1-3-9-7-4-6(11)5-8(12)10(7)14(2)13-9/h4-5H,3H2,1-2H3. The average molecular weight is 213 g/mol. The Balaban J connectivity index is 2.89. The number of benzene rings is 1. The largest absolute Gasteiger partial charge is 0.265 e. The highest BCUT2D eigenvalue weighted by Gasteiger charge is 2.12. The fourth-order valence-corrected chi connectivity index (χ4v) is 1.87. The van der Waals surface area contributed by atoms with Crippen LogP contribution in [0.3, 0.4) is 0 Å². The molecule has 14 heavy (non-hydrogen) atoms. The van der Waals surface area contributed by atoms with Gasteiger partial charge in [0.2, 0.25) is 0 Å². The Labute approximate surface area is 86.3 Å². The van der Waals surface area contributed by atoms with Crippen LogP contribution in [0.15, 0.2) is 12.1 Å². The first-order valence-corrected chi connectivity index (χ1v) is 4.82. The third-order valence-corrected chi connectivity index (χ3v) is 2.49. The number of rotatable bonds is 1. The highest BCUT2D eigenvalue weighted by atomic mass is 35.5. The number of aromatic nitrogens is 2. The van der Waals surface area contributed by atoms with Crippen LogP contribution in [0.5, 0.6) is 0 Å². The molecule has 0 aliphatic carbocycles. The molecule has 4 heteroatoms. The van der Waals surface area contributed by atoms with E-state index in [-0.39, 0.29) is 5.82 Å². The Hall–Kier alpha value is -1.09. The summed E-state index contributed by atoms with van der Waals surface area (Å²) in [4.78, 5) is 0. The van der Waals surface area contributed by atoms with Gasteiger partial charge in [-0.15, -0.1) is 0 Å². The lowest BCUT2D eigenvalue weighted by atomic mass is 10.2. The monoisotopic (exact) mass is 212 g/mol. The highest BCUT2D eigenvalue weighted by Crippen LogP contribution is 2.25. The molecular weight excluding hydrogens is 203 g/mol. The molecule has 74 valence electrons. The van der Waals surface area contributed by atoms with Crippen LogP contribution < -0.4 is 0 Å². The number of nitrogens with zero attached hydrogens (tertiary/aromatic N) is 2. The van der Waals surface area contributed by atoms with Crippen molar-refractivity contribution >= 4 is 22.5 Å². The van der Waals surface area contributed by atoms with Crippen molar-refractivity contribution in [2.75, 3.05) is 0 Å². The normalized spacial score (nSPS) is 11.1. The predicted molar refractivity (Wildman–Crippen MR) is 55.1 cm³/mol. The molecule has 0 unspecified atom stereocenters. The van der Waals surface area contributed by atoms with Crippen molar-refractivity contribution < 1.29 is 4.39 Å². The van der Waals surface area contributed by atoms with E-state index in [2.05, 4.69) is 5.10 Å². The van der Waals surface area contributed by atoms with Gasteiger partial charge in [0.1, 0.15) is 5.52 Å². The van der Waals surface area contributed by atoms with E-state index in [0.717, 1.165) is 17.5 Å². The predicted octanol–water partition coefficient (Wildman–Crippen LogP) is 2.93. The molecular formula is C10H10ClFN2. The molecule has 2 aromatic rings. The fourth-order valence-electron chi connectivity index (χ4n) is 1.66. The molecule has 0 atom stereocenters. The minimum absolute atomic E-state index is 0.317. The van der Waals surface area contributed by atoms with E-state index in [1.165, 1.54) is 6.07 Å². The van der Waals surface area contributed by atoms with Gasteiger partial charge in [0.15, 0.2) is 5.82 Å².